The highest BCUT2D eigenvalue weighted by Gasteiger charge is 2.21. The van der Waals surface area contributed by atoms with E-state index in [0.717, 1.165) is 30.9 Å². The molecule has 0 radical (unpaired) electrons. The van der Waals surface area contributed by atoms with E-state index in [1.807, 2.05) is 12.1 Å². The normalized spacial score (nSPS) is 19.6. The number of aromatic nitrogens is 2. The molecule has 4 heteroatoms. The third-order valence-electron chi connectivity index (χ3n) is 3.94. The summed E-state index contributed by atoms with van der Waals surface area (Å²) >= 11 is 0. The number of nitrogens with one attached hydrogen (secondary N) is 1. The Kier molecular flexibility index (Phi) is 3.34. The lowest BCUT2D eigenvalue weighted by atomic mass is 9.99. The van der Waals surface area contributed by atoms with Crippen LogP contribution >= 0.6 is 0 Å². The van der Waals surface area contributed by atoms with Crippen molar-refractivity contribution in [3.63, 3.8) is 0 Å². The lowest BCUT2D eigenvalue weighted by Crippen LogP contribution is -2.28. The van der Waals surface area contributed by atoms with Gasteiger partial charge in [-0.2, -0.15) is 4.98 Å². The van der Waals surface area contributed by atoms with Gasteiger partial charge in [0, 0.05) is 18.0 Å². The Labute approximate surface area is 113 Å². The minimum absolute atomic E-state index is 0.386. The van der Waals surface area contributed by atoms with E-state index in [1.165, 1.54) is 17.5 Å². The first-order valence-corrected chi connectivity index (χ1v) is 6.86. The van der Waals surface area contributed by atoms with E-state index in [1.54, 1.807) is 0 Å². The van der Waals surface area contributed by atoms with Gasteiger partial charge in [0.15, 0.2) is 5.82 Å². The van der Waals surface area contributed by atoms with Crippen LogP contribution in [0.5, 0.6) is 0 Å². The lowest BCUT2D eigenvalue weighted by Gasteiger charge is -2.19. The average Bonchev–Trinajstić information content (AvgIpc) is 2.92. The van der Waals surface area contributed by atoms with Gasteiger partial charge in [-0.1, -0.05) is 17.3 Å². The van der Waals surface area contributed by atoms with E-state index in [4.69, 9.17) is 4.52 Å². The van der Waals surface area contributed by atoms with E-state index in [2.05, 4.69) is 35.4 Å². The summed E-state index contributed by atoms with van der Waals surface area (Å²) in [6.45, 7) is 6.24. The Morgan fingerprint density at radius 3 is 3.00 bits per heavy atom. The van der Waals surface area contributed by atoms with Gasteiger partial charge in [0.2, 0.25) is 0 Å². The molecule has 0 spiro atoms. The Hall–Kier alpha value is -1.68. The van der Waals surface area contributed by atoms with Crippen molar-refractivity contribution in [3.05, 3.63) is 35.2 Å². The first-order valence-electron chi connectivity index (χ1n) is 6.86. The minimum Gasteiger partial charge on any atom is -0.334 e. The highest BCUT2D eigenvalue weighted by Crippen LogP contribution is 2.27. The predicted molar refractivity (Wildman–Crippen MR) is 74.1 cm³/mol. The van der Waals surface area contributed by atoms with Gasteiger partial charge in [-0.3, -0.25) is 0 Å². The van der Waals surface area contributed by atoms with Crippen LogP contribution < -0.4 is 5.32 Å². The molecule has 100 valence electrons. The van der Waals surface area contributed by atoms with Gasteiger partial charge in [-0.15, -0.1) is 0 Å². The van der Waals surface area contributed by atoms with Gasteiger partial charge < -0.3 is 9.84 Å². The number of nitrogens with zero attached hydrogens (tertiary/aromatic N) is 2. The molecule has 1 aromatic carbocycles. The number of hydrogen-bond donors (Lipinski definition) is 1. The molecule has 1 saturated heterocycles. The molecule has 0 amide bonds. The second-order valence-electron chi connectivity index (χ2n) is 5.25. The molecule has 0 aliphatic carbocycles. The lowest BCUT2D eigenvalue weighted by molar-refractivity contribution is 0.393. The minimum atomic E-state index is 0.386. The molecule has 1 unspecified atom stereocenters. The number of aryl methyl sites for hydroxylation is 1. The Morgan fingerprint density at radius 1 is 1.32 bits per heavy atom. The maximum Gasteiger partial charge on any atom is 0.258 e. The van der Waals surface area contributed by atoms with Gasteiger partial charge in [0.05, 0.1) is 0 Å². The quantitative estimate of drug-likeness (QED) is 0.898. The van der Waals surface area contributed by atoms with Crippen molar-refractivity contribution in [2.24, 2.45) is 0 Å². The standard InChI is InChI=1S/C15H19N3O/c1-10-5-3-7-13(11(10)2)15-17-14(18-19-15)12-6-4-8-16-9-12/h3,5,7,12,16H,4,6,8-9H2,1-2H3. The molecule has 19 heavy (non-hydrogen) atoms. The summed E-state index contributed by atoms with van der Waals surface area (Å²) in [7, 11) is 0. The zero-order chi connectivity index (χ0) is 13.2. The molecule has 3 rings (SSSR count). The third kappa shape index (κ3) is 2.40. The molecule has 1 N–H and O–H groups in total. The van der Waals surface area contributed by atoms with Gasteiger partial charge in [0.1, 0.15) is 0 Å². The van der Waals surface area contributed by atoms with Crippen LogP contribution in [0.25, 0.3) is 11.5 Å². The molecular weight excluding hydrogens is 238 g/mol. The van der Waals surface area contributed by atoms with Crippen LogP contribution in [-0.2, 0) is 0 Å². The van der Waals surface area contributed by atoms with Crippen molar-refractivity contribution in [1.29, 1.82) is 0 Å². The van der Waals surface area contributed by atoms with Crippen molar-refractivity contribution in [1.82, 2.24) is 15.5 Å². The highest BCUT2D eigenvalue weighted by atomic mass is 16.5. The van der Waals surface area contributed by atoms with E-state index in [0.29, 0.717) is 11.8 Å². The van der Waals surface area contributed by atoms with Crippen LogP contribution in [0, 0.1) is 13.8 Å². The smallest absolute Gasteiger partial charge is 0.258 e. The molecular formula is C15H19N3O. The largest absolute Gasteiger partial charge is 0.334 e. The second-order valence-corrected chi connectivity index (χ2v) is 5.25. The predicted octanol–water partition coefficient (Wildman–Crippen LogP) is 2.82. The van der Waals surface area contributed by atoms with Crippen molar-refractivity contribution in [2.75, 3.05) is 13.1 Å². The summed E-state index contributed by atoms with van der Waals surface area (Å²) in [5, 5.41) is 7.54. The first-order chi connectivity index (χ1) is 9.25. The maximum atomic E-state index is 5.45. The molecule has 1 fully saturated rings. The second kappa shape index (κ2) is 5.13. The molecule has 1 aromatic heterocycles. The Balaban J connectivity index is 1.90. The topological polar surface area (TPSA) is 51.0 Å². The van der Waals surface area contributed by atoms with Crippen molar-refractivity contribution in [3.8, 4) is 11.5 Å². The first kappa shape index (κ1) is 12.4. The van der Waals surface area contributed by atoms with E-state index in [9.17, 15) is 0 Å². The van der Waals surface area contributed by atoms with E-state index >= 15 is 0 Å². The van der Waals surface area contributed by atoms with Gasteiger partial charge in [-0.05, 0) is 50.4 Å². The third-order valence-corrected chi connectivity index (χ3v) is 3.94. The molecule has 1 aliphatic heterocycles. The van der Waals surface area contributed by atoms with E-state index in [-0.39, 0.29) is 0 Å². The maximum absolute atomic E-state index is 5.45. The summed E-state index contributed by atoms with van der Waals surface area (Å²) < 4.78 is 5.45. The number of rotatable bonds is 2. The fraction of sp³-hybridized carbons (Fsp3) is 0.467. The fourth-order valence-electron chi connectivity index (χ4n) is 2.57. The average molecular weight is 257 g/mol. The van der Waals surface area contributed by atoms with Crippen LogP contribution in [0.3, 0.4) is 0 Å². The van der Waals surface area contributed by atoms with Gasteiger partial charge in [0.25, 0.3) is 5.89 Å². The van der Waals surface area contributed by atoms with Crippen molar-refractivity contribution in [2.45, 2.75) is 32.6 Å². The van der Waals surface area contributed by atoms with Gasteiger partial charge in [-0.25, -0.2) is 0 Å². The molecule has 0 saturated carbocycles. The number of benzene rings is 1. The van der Waals surface area contributed by atoms with Crippen LogP contribution in [0.2, 0.25) is 0 Å². The SMILES string of the molecule is Cc1cccc(-c2nc(C3CCCNC3)no2)c1C. The summed E-state index contributed by atoms with van der Waals surface area (Å²) in [5.74, 6) is 1.86. The van der Waals surface area contributed by atoms with Crippen molar-refractivity contribution < 1.29 is 4.52 Å². The van der Waals surface area contributed by atoms with Gasteiger partial charge >= 0.3 is 0 Å². The van der Waals surface area contributed by atoms with Crippen molar-refractivity contribution >= 4 is 0 Å². The summed E-state index contributed by atoms with van der Waals surface area (Å²) in [6, 6.07) is 6.17. The molecule has 2 heterocycles. The number of piperidine rings is 1. The zero-order valence-corrected chi connectivity index (χ0v) is 11.4. The summed E-state index contributed by atoms with van der Waals surface area (Å²) in [4.78, 5) is 4.59. The van der Waals surface area contributed by atoms with Crippen LogP contribution in [0.4, 0.5) is 0 Å². The molecule has 1 aliphatic rings. The monoisotopic (exact) mass is 257 g/mol. The van der Waals surface area contributed by atoms with Crippen LogP contribution in [0.1, 0.15) is 35.7 Å². The molecule has 0 bridgehead atoms. The molecule has 2 aromatic rings. The summed E-state index contributed by atoms with van der Waals surface area (Å²) in [5.41, 5.74) is 3.50. The highest BCUT2D eigenvalue weighted by molar-refractivity contribution is 5.60. The Bertz CT molecular complexity index is 571. The fourth-order valence-corrected chi connectivity index (χ4v) is 2.57. The molecule has 4 nitrogen and oxygen atoms in total. The van der Waals surface area contributed by atoms with Crippen LogP contribution in [-0.4, -0.2) is 23.2 Å². The molecule has 1 atom stereocenters. The zero-order valence-electron chi connectivity index (χ0n) is 11.4. The Morgan fingerprint density at radius 2 is 2.21 bits per heavy atom. The summed E-state index contributed by atoms with van der Waals surface area (Å²) in [6.07, 6.45) is 2.32. The number of hydrogen-bond acceptors (Lipinski definition) is 4. The van der Waals surface area contributed by atoms with E-state index < -0.39 is 0 Å². The van der Waals surface area contributed by atoms with Crippen LogP contribution in [0.15, 0.2) is 22.7 Å².